The predicted octanol–water partition coefficient (Wildman–Crippen LogP) is 3.49. The van der Waals surface area contributed by atoms with E-state index in [0.717, 1.165) is 37.2 Å². The number of likely N-dealkylation sites (tertiary alicyclic amines) is 1. The highest BCUT2D eigenvalue weighted by atomic mass is 32.2. The number of amides is 1. The molecule has 7 heteroatoms. The number of thioether (sulfide) groups is 1. The highest BCUT2D eigenvalue weighted by Gasteiger charge is 2.21. The van der Waals surface area contributed by atoms with Crippen LogP contribution in [0, 0.1) is 5.92 Å². The molecule has 1 aromatic carbocycles. The van der Waals surface area contributed by atoms with Gasteiger partial charge in [0.15, 0.2) is 0 Å². The maximum absolute atomic E-state index is 12.3. The first-order chi connectivity index (χ1) is 12.2. The monoisotopic (exact) mass is 361 g/mol. The summed E-state index contributed by atoms with van der Waals surface area (Å²) in [6.45, 7) is 6.51. The fourth-order valence-electron chi connectivity index (χ4n) is 2.72. The number of carbonyl (C=O) groups is 1. The number of carbonyl (C=O) groups excluding carboxylic acids is 1. The van der Waals surface area contributed by atoms with E-state index in [1.807, 2.05) is 36.1 Å². The number of hydrogen-bond acceptors (Lipinski definition) is 6. The summed E-state index contributed by atoms with van der Waals surface area (Å²) in [7, 11) is 0. The zero-order valence-electron chi connectivity index (χ0n) is 14.6. The summed E-state index contributed by atoms with van der Waals surface area (Å²) in [5.41, 5.74) is 0.833. The van der Waals surface area contributed by atoms with Crippen molar-refractivity contribution in [3.05, 3.63) is 24.3 Å². The molecular weight excluding hydrogens is 338 g/mol. The molecule has 2 aromatic rings. The number of piperidine rings is 1. The van der Waals surface area contributed by atoms with Crippen LogP contribution < -0.4 is 4.74 Å². The molecule has 25 heavy (non-hydrogen) atoms. The second-order valence-corrected chi connectivity index (χ2v) is 7.11. The van der Waals surface area contributed by atoms with E-state index >= 15 is 0 Å². The molecular formula is C18H23N3O3S. The summed E-state index contributed by atoms with van der Waals surface area (Å²) >= 11 is 1.29. The van der Waals surface area contributed by atoms with Gasteiger partial charge in [-0.05, 0) is 49.9 Å². The Morgan fingerprint density at radius 3 is 2.68 bits per heavy atom. The van der Waals surface area contributed by atoms with Crippen molar-refractivity contribution in [1.29, 1.82) is 0 Å². The lowest BCUT2D eigenvalue weighted by Gasteiger charge is -2.30. The van der Waals surface area contributed by atoms with Crippen LogP contribution in [0.25, 0.3) is 11.5 Å². The summed E-state index contributed by atoms with van der Waals surface area (Å²) in [5, 5.41) is 8.50. The highest BCUT2D eigenvalue weighted by Crippen LogP contribution is 2.25. The lowest BCUT2D eigenvalue weighted by molar-refractivity contribution is -0.129. The van der Waals surface area contributed by atoms with Crippen LogP contribution in [0.3, 0.4) is 0 Å². The maximum atomic E-state index is 12.3. The van der Waals surface area contributed by atoms with Crippen LogP contribution in [0.15, 0.2) is 33.9 Å². The Kier molecular flexibility index (Phi) is 5.96. The summed E-state index contributed by atoms with van der Waals surface area (Å²) in [6.07, 6.45) is 2.16. The minimum absolute atomic E-state index is 0.137. The Labute approximate surface area is 151 Å². The van der Waals surface area contributed by atoms with Crippen molar-refractivity contribution in [2.24, 2.45) is 5.92 Å². The van der Waals surface area contributed by atoms with Crippen LogP contribution in [-0.2, 0) is 4.79 Å². The van der Waals surface area contributed by atoms with Crippen LogP contribution in [-0.4, -0.2) is 46.5 Å². The van der Waals surface area contributed by atoms with E-state index in [2.05, 4.69) is 17.1 Å². The van der Waals surface area contributed by atoms with E-state index in [-0.39, 0.29) is 5.91 Å². The topological polar surface area (TPSA) is 68.5 Å². The lowest BCUT2D eigenvalue weighted by Crippen LogP contribution is -2.38. The van der Waals surface area contributed by atoms with E-state index in [1.54, 1.807) is 0 Å². The second-order valence-electron chi connectivity index (χ2n) is 6.18. The molecule has 0 radical (unpaired) electrons. The van der Waals surface area contributed by atoms with Crippen molar-refractivity contribution in [3.8, 4) is 17.2 Å². The number of benzene rings is 1. The molecule has 0 saturated carbocycles. The number of rotatable bonds is 6. The third-order valence-electron chi connectivity index (χ3n) is 4.27. The standard InChI is InChI=1S/C18H23N3O3S/c1-3-23-15-6-4-14(5-7-15)17-19-20-18(24-17)25-12-16(22)21-10-8-13(2)9-11-21/h4-7,13H,3,8-12H2,1-2H3. The highest BCUT2D eigenvalue weighted by molar-refractivity contribution is 7.99. The van der Waals surface area contributed by atoms with Crippen LogP contribution in [0.4, 0.5) is 0 Å². The van der Waals surface area contributed by atoms with E-state index in [9.17, 15) is 4.79 Å². The molecule has 1 aliphatic heterocycles. The molecule has 6 nitrogen and oxygen atoms in total. The summed E-state index contributed by atoms with van der Waals surface area (Å²) in [6, 6.07) is 7.51. The molecule has 1 saturated heterocycles. The van der Waals surface area contributed by atoms with Crippen molar-refractivity contribution in [1.82, 2.24) is 15.1 Å². The predicted molar refractivity (Wildman–Crippen MR) is 96.6 cm³/mol. The van der Waals surface area contributed by atoms with Crippen LogP contribution in [0.5, 0.6) is 5.75 Å². The van der Waals surface area contributed by atoms with Gasteiger partial charge in [-0.15, -0.1) is 10.2 Å². The molecule has 0 unspecified atom stereocenters. The SMILES string of the molecule is CCOc1ccc(-c2nnc(SCC(=O)N3CCC(C)CC3)o2)cc1. The van der Waals surface area contributed by atoms with Crippen molar-refractivity contribution >= 4 is 17.7 Å². The number of nitrogens with zero attached hydrogens (tertiary/aromatic N) is 3. The van der Waals surface area contributed by atoms with Gasteiger partial charge in [0, 0.05) is 18.7 Å². The molecule has 0 N–H and O–H groups in total. The maximum Gasteiger partial charge on any atom is 0.277 e. The average molecular weight is 361 g/mol. The summed E-state index contributed by atoms with van der Waals surface area (Å²) in [5.74, 6) is 2.44. The fourth-order valence-corrected chi connectivity index (χ4v) is 3.38. The van der Waals surface area contributed by atoms with Crippen molar-refractivity contribution in [2.75, 3.05) is 25.4 Å². The van der Waals surface area contributed by atoms with Crippen LogP contribution in [0.2, 0.25) is 0 Å². The molecule has 0 aliphatic carbocycles. The zero-order chi connectivity index (χ0) is 17.6. The van der Waals surface area contributed by atoms with Crippen molar-refractivity contribution in [3.63, 3.8) is 0 Å². The van der Waals surface area contributed by atoms with Gasteiger partial charge in [0.25, 0.3) is 5.22 Å². The zero-order valence-corrected chi connectivity index (χ0v) is 15.4. The van der Waals surface area contributed by atoms with Gasteiger partial charge in [0.05, 0.1) is 12.4 Å². The van der Waals surface area contributed by atoms with Gasteiger partial charge < -0.3 is 14.1 Å². The third-order valence-corrected chi connectivity index (χ3v) is 5.08. The van der Waals surface area contributed by atoms with Crippen molar-refractivity contribution in [2.45, 2.75) is 31.9 Å². The quantitative estimate of drug-likeness (QED) is 0.734. The first-order valence-corrected chi connectivity index (χ1v) is 9.61. The minimum atomic E-state index is 0.137. The Balaban J connectivity index is 1.53. The van der Waals surface area contributed by atoms with Gasteiger partial charge in [0.2, 0.25) is 11.8 Å². The third kappa shape index (κ3) is 4.75. The van der Waals surface area contributed by atoms with Gasteiger partial charge in [-0.25, -0.2) is 0 Å². The molecule has 0 atom stereocenters. The molecule has 1 aliphatic rings. The Bertz CT molecular complexity index is 694. The van der Waals surface area contributed by atoms with E-state index in [0.29, 0.717) is 29.4 Å². The number of hydrogen-bond donors (Lipinski definition) is 0. The first kappa shape index (κ1) is 17.8. The largest absolute Gasteiger partial charge is 0.494 e. The number of ether oxygens (including phenoxy) is 1. The second kappa shape index (κ2) is 8.38. The van der Waals surface area contributed by atoms with E-state index in [4.69, 9.17) is 9.15 Å². The molecule has 134 valence electrons. The van der Waals surface area contributed by atoms with Gasteiger partial charge in [-0.2, -0.15) is 0 Å². The molecule has 1 aromatic heterocycles. The van der Waals surface area contributed by atoms with E-state index < -0.39 is 0 Å². The molecule has 1 amide bonds. The summed E-state index contributed by atoms with van der Waals surface area (Å²) in [4.78, 5) is 14.2. The fraction of sp³-hybridized carbons (Fsp3) is 0.500. The van der Waals surface area contributed by atoms with Gasteiger partial charge >= 0.3 is 0 Å². The number of aromatic nitrogens is 2. The first-order valence-electron chi connectivity index (χ1n) is 8.63. The van der Waals surface area contributed by atoms with Gasteiger partial charge in [0.1, 0.15) is 5.75 Å². The molecule has 3 rings (SSSR count). The van der Waals surface area contributed by atoms with Gasteiger partial charge in [-0.3, -0.25) is 4.79 Å². The molecule has 0 spiro atoms. The Morgan fingerprint density at radius 2 is 2.00 bits per heavy atom. The van der Waals surface area contributed by atoms with Crippen molar-refractivity contribution < 1.29 is 13.9 Å². The normalized spacial score (nSPS) is 15.4. The average Bonchev–Trinajstić information content (AvgIpc) is 3.10. The molecule has 2 heterocycles. The molecule has 0 bridgehead atoms. The smallest absolute Gasteiger partial charge is 0.277 e. The molecule has 1 fully saturated rings. The van der Waals surface area contributed by atoms with Crippen LogP contribution in [0.1, 0.15) is 26.7 Å². The van der Waals surface area contributed by atoms with E-state index in [1.165, 1.54) is 11.8 Å². The van der Waals surface area contributed by atoms with Crippen LogP contribution >= 0.6 is 11.8 Å². The lowest BCUT2D eigenvalue weighted by atomic mass is 9.99. The minimum Gasteiger partial charge on any atom is -0.494 e. The Morgan fingerprint density at radius 1 is 1.28 bits per heavy atom. The van der Waals surface area contributed by atoms with Gasteiger partial charge in [-0.1, -0.05) is 18.7 Å². The Hall–Kier alpha value is -2.02. The summed E-state index contributed by atoms with van der Waals surface area (Å²) < 4.78 is 11.1.